The minimum absolute atomic E-state index is 0.0600. The number of aromatic nitrogens is 2. The van der Waals surface area contributed by atoms with Crippen molar-refractivity contribution in [1.82, 2.24) is 14.9 Å². The Hall–Kier alpha value is -2.96. The molecule has 0 aliphatic carbocycles. The van der Waals surface area contributed by atoms with Gasteiger partial charge in [-0.25, -0.2) is 0 Å². The van der Waals surface area contributed by atoms with Gasteiger partial charge in [-0.3, -0.25) is 4.98 Å². The van der Waals surface area contributed by atoms with Gasteiger partial charge in [0.2, 0.25) is 0 Å². The van der Waals surface area contributed by atoms with Gasteiger partial charge in [0.25, 0.3) is 0 Å². The Kier molecular flexibility index (Phi) is 5.57. The monoisotopic (exact) mass is 502 g/mol. The maximum absolute atomic E-state index is 5.85. The number of nitrogens with zero attached hydrogens (tertiary/aromatic N) is 3. The van der Waals surface area contributed by atoms with E-state index >= 15 is 0 Å². The van der Waals surface area contributed by atoms with Crippen molar-refractivity contribution in [2.45, 2.75) is 25.9 Å². The van der Waals surface area contributed by atoms with Crippen LogP contribution < -0.4 is 10.2 Å². The van der Waals surface area contributed by atoms with Crippen LogP contribution in [0.25, 0.3) is 5.69 Å². The molecule has 0 unspecified atom stereocenters. The minimum Gasteiger partial charge on any atom is -0.351 e. The summed E-state index contributed by atoms with van der Waals surface area (Å²) in [5.74, 6) is 0. The summed E-state index contributed by atoms with van der Waals surface area (Å²) in [6.45, 7) is 4.29. The molecule has 6 heteroatoms. The maximum Gasteiger partial charge on any atom is 0.174 e. The van der Waals surface area contributed by atoms with E-state index in [1.807, 2.05) is 30.5 Å². The minimum atomic E-state index is -0.0763. The standard InChI is InChI=1S/C26H23BrN4S/c1-17-8-11-21(16-18(17)2)30-15-5-7-23(30)25-24(22-6-3-4-14-28-22)29-26(32)31(25)20-12-9-19(27)10-13-20/h3-16,24-25H,1-2H3,(H,29,32)/t24-,25-/m1/s1. The largest absolute Gasteiger partial charge is 0.351 e. The molecule has 1 N–H and O–H groups in total. The normalized spacial score (nSPS) is 18.1. The van der Waals surface area contributed by atoms with Crippen molar-refractivity contribution >= 4 is 38.9 Å². The third-order valence-electron chi connectivity index (χ3n) is 6.05. The molecule has 0 saturated carbocycles. The SMILES string of the molecule is Cc1ccc(-n2cccc2[C@@H]2[C@@H](c3ccccn3)NC(=S)N2c2ccc(Br)cc2)cc1C. The Morgan fingerprint density at radius 1 is 0.906 bits per heavy atom. The first kappa shape index (κ1) is 20.9. The number of nitrogens with one attached hydrogen (secondary N) is 1. The lowest BCUT2D eigenvalue weighted by atomic mass is 10.0. The molecule has 1 fully saturated rings. The molecular weight excluding hydrogens is 480 g/mol. The van der Waals surface area contributed by atoms with E-state index in [1.54, 1.807) is 0 Å². The molecule has 2 aromatic heterocycles. The molecular formula is C26H23BrN4S. The zero-order valence-electron chi connectivity index (χ0n) is 17.9. The third-order valence-corrected chi connectivity index (χ3v) is 6.90. The summed E-state index contributed by atoms with van der Waals surface area (Å²) >= 11 is 9.39. The second kappa shape index (κ2) is 8.52. The van der Waals surface area contributed by atoms with Crippen LogP contribution in [-0.4, -0.2) is 14.7 Å². The Morgan fingerprint density at radius 2 is 1.69 bits per heavy atom. The van der Waals surface area contributed by atoms with Crippen LogP contribution in [0, 0.1) is 13.8 Å². The Morgan fingerprint density at radius 3 is 2.41 bits per heavy atom. The van der Waals surface area contributed by atoms with Crippen molar-refractivity contribution in [2.75, 3.05) is 4.90 Å². The summed E-state index contributed by atoms with van der Waals surface area (Å²) in [5, 5.41) is 4.24. The van der Waals surface area contributed by atoms with Crippen molar-refractivity contribution in [3.63, 3.8) is 0 Å². The molecule has 0 amide bonds. The Labute approximate surface area is 202 Å². The topological polar surface area (TPSA) is 33.1 Å². The van der Waals surface area contributed by atoms with Gasteiger partial charge < -0.3 is 14.8 Å². The fourth-order valence-electron chi connectivity index (χ4n) is 4.28. The molecule has 3 heterocycles. The molecule has 5 rings (SSSR count). The van der Waals surface area contributed by atoms with Gasteiger partial charge in [0.05, 0.1) is 11.7 Å². The molecule has 1 aliphatic heterocycles. The second-order valence-corrected chi connectivity index (χ2v) is 9.35. The van der Waals surface area contributed by atoms with Gasteiger partial charge in [0, 0.05) is 33.9 Å². The highest BCUT2D eigenvalue weighted by atomic mass is 79.9. The summed E-state index contributed by atoms with van der Waals surface area (Å²) in [7, 11) is 0. The lowest BCUT2D eigenvalue weighted by Gasteiger charge is -2.29. The zero-order chi connectivity index (χ0) is 22.2. The number of rotatable bonds is 4. The summed E-state index contributed by atoms with van der Waals surface area (Å²) < 4.78 is 3.30. The fraction of sp³-hybridized carbons (Fsp3) is 0.154. The molecule has 0 bridgehead atoms. The van der Waals surface area contributed by atoms with Crippen molar-refractivity contribution in [3.8, 4) is 5.69 Å². The number of thiocarbonyl (C=S) groups is 1. The van der Waals surface area contributed by atoms with Crippen LogP contribution in [-0.2, 0) is 0 Å². The van der Waals surface area contributed by atoms with E-state index in [2.05, 4.69) is 104 Å². The number of halogens is 1. The third kappa shape index (κ3) is 3.74. The summed E-state index contributed by atoms with van der Waals surface area (Å²) in [6.07, 6.45) is 3.96. The number of pyridine rings is 1. The van der Waals surface area contributed by atoms with E-state index in [9.17, 15) is 0 Å². The number of anilines is 1. The predicted molar refractivity (Wildman–Crippen MR) is 137 cm³/mol. The lowest BCUT2D eigenvalue weighted by molar-refractivity contribution is 0.549. The van der Waals surface area contributed by atoms with Gasteiger partial charge in [-0.15, -0.1) is 0 Å². The summed E-state index contributed by atoms with van der Waals surface area (Å²) in [5.41, 5.74) is 6.86. The van der Waals surface area contributed by atoms with Gasteiger partial charge in [-0.1, -0.05) is 28.1 Å². The van der Waals surface area contributed by atoms with Crippen LogP contribution in [0.15, 0.2) is 89.7 Å². The van der Waals surface area contributed by atoms with Gasteiger partial charge in [-0.05, 0) is 97.9 Å². The van der Waals surface area contributed by atoms with E-state index in [0.717, 1.165) is 27.2 Å². The lowest BCUT2D eigenvalue weighted by Crippen LogP contribution is -2.30. The van der Waals surface area contributed by atoms with Gasteiger partial charge in [0.1, 0.15) is 6.04 Å². The van der Waals surface area contributed by atoms with E-state index in [-0.39, 0.29) is 12.1 Å². The smallest absolute Gasteiger partial charge is 0.174 e. The first-order chi connectivity index (χ1) is 15.5. The number of hydrogen-bond donors (Lipinski definition) is 1. The van der Waals surface area contributed by atoms with Crippen LogP contribution in [0.3, 0.4) is 0 Å². The highest BCUT2D eigenvalue weighted by molar-refractivity contribution is 9.10. The van der Waals surface area contributed by atoms with Gasteiger partial charge in [0.15, 0.2) is 5.11 Å². The average molecular weight is 503 g/mol. The van der Waals surface area contributed by atoms with E-state index in [4.69, 9.17) is 12.2 Å². The quantitative estimate of drug-likeness (QED) is 0.326. The second-order valence-electron chi connectivity index (χ2n) is 8.04. The molecule has 32 heavy (non-hydrogen) atoms. The van der Waals surface area contributed by atoms with Gasteiger partial charge in [-0.2, -0.15) is 0 Å². The Balaban J connectivity index is 1.67. The molecule has 0 spiro atoms. The average Bonchev–Trinajstić information content (AvgIpc) is 3.41. The zero-order valence-corrected chi connectivity index (χ0v) is 20.3. The number of hydrogen-bond acceptors (Lipinski definition) is 2. The van der Waals surface area contributed by atoms with Crippen LogP contribution in [0.1, 0.15) is 34.6 Å². The van der Waals surface area contributed by atoms with Crippen LogP contribution in [0.2, 0.25) is 0 Å². The van der Waals surface area contributed by atoms with Gasteiger partial charge >= 0.3 is 0 Å². The van der Waals surface area contributed by atoms with E-state index in [0.29, 0.717) is 5.11 Å². The molecule has 4 aromatic rings. The van der Waals surface area contributed by atoms with Crippen molar-refractivity contribution < 1.29 is 0 Å². The summed E-state index contributed by atoms with van der Waals surface area (Å²) in [4.78, 5) is 6.86. The van der Waals surface area contributed by atoms with Crippen molar-refractivity contribution in [1.29, 1.82) is 0 Å². The first-order valence-corrected chi connectivity index (χ1v) is 11.7. The molecule has 2 atom stereocenters. The molecule has 160 valence electrons. The predicted octanol–water partition coefficient (Wildman–Crippen LogP) is 6.43. The molecule has 2 aromatic carbocycles. The summed E-state index contributed by atoms with van der Waals surface area (Å²) in [6, 6.07) is 25.0. The molecule has 1 saturated heterocycles. The molecule has 1 aliphatic rings. The Bertz CT molecular complexity index is 1270. The highest BCUT2D eigenvalue weighted by Gasteiger charge is 2.42. The van der Waals surface area contributed by atoms with Crippen LogP contribution in [0.4, 0.5) is 5.69 Å². The van der Waals surface area contributed by atoms with Crippen molar-refractivity contribution in [2.24, 2.45) is 0 Å². The van der Waals surface area contributed by atoms with Crippen LogP contribution in [0.5, 0.6) is 0 Å². The van der Waals surface area contributed by atoms with E-state index < -0.39 is 0 Å². The van der Waals surface area contributed by atoms with E-state index in [1.165, 1.54) is 11.1 Å². The van der Waals surface area contributed by atoms with Crippen LogP contribution >= 0.6 is 28.1 Å². The highest BCUT2D eigenvalue weighted by Crippen LogP contribution is 2.42. The first-order valence-electron chi connectivity index (χ1n) is 10.5. The number of benzene rings is 2. The maximum atomic E-state index is 5.85. The number of aryl methyl sites for hydroxylation is 2. The van der Waals surface area contributed by atoms with Crippen molar-refractivity contribution in [3.05, 3.63) is 112 Å². The molecule has 4 nitrogen and oxygen atoms in total. The molecule has 0 radical (unpaired) electrons. The fourth-order valence-corrected chi connectivity index (χ4v) is 4.89.